The number of anilines is 1. The van der Waals surface area contributed by atoms with Crippen molar-refractivity contribution in [2.45, 2.75) is 83.8 Å². The number of ether oxygens (including phenoxy) is 3. The summed E-state index contributed by atoms with van der Waals surface area (Å²) >= 11 is 0. The maximum Gasteiger partial charge on any atom is 0.410 e. The zero-order chi connectivity index (χ0) is 33.0. The molecule has 46 heavy (non-hydrogen) atoms. The monoisotopic (exact) mass is 643 g/mol. The first-order chi connectivity index (χ1) is 21.8. The van der Waals surface area contributed by atoms with Gasteiger partial charge in [0.25, 0.3) is 5.89 Å². The van der Waals surface area contributed by atoms with Crippen LogP contribution in [0.1, 0.15) is 64.8 Å². The third kappa shape index (κ3) is 8.44. The van der Waals surface area contributed by atoms with Crippen molar-refractivity contribution in [3.63, 3.8) is 0 Å². The summed E-state index contributed by atoms with van der Waals surface area (Å²) in [6.45, 7) is 10.5. The Morgan fingerprint density at radius 1 is 1.11 bits per heavy atom. The SMILES string of the molecule is CC(C)OC(=O)N1CCC(OCc2noc(-c3cnc(N4C[C@H](NC(=O)OC(C)(C)C)[C@@H](c5cc(F)ccc5F)C4)nc3)n2)CC1. The normalized spacial score (nSPS) is 19.0. The highest BCUT2D eigenvalue weighted by molar-refractivity contribution is 5.69. The van der Waals surface area contributed by atoms with E-state index in [-0.39, 0.29) is 49.5 Å². The maximum atomic E-state index is 14.8. The van der Waals surface area contributed by atoms with Gasteiger partial charge in [-0.05, 0) is 71.2 Å². The Morgan fingerprint density at radius 3 is 2.50 bits per heavy atom. The van der Waals surface area contributed by atoms with E-state index in [9.17, 15) is 18.4 Å². The van der Waals surface area contributed by atoms with E-state index >= 15 is 0 Å². The highest BCUT2D eigenvalue weighted by Gasteiger charge is 2.38. The molecule has 2 aliphatic heterocycles. The van der Waals surface area contributed by atoms with E-state index in [1.165, 1.54) is 12.4 Å². The molecule has 2 amide bonds. The maximum absolute atomic E-state index is 14.8. The number of piperidine rings is 1. The van der Waals surface area contributed by atoms with Gasteiger partial charge in [0, 0.05) is 44.5 Å². The highest BCUT2D eigenvalue weighted by atomic mass is 19.1. The Hall–Kier alpha value is -4.40. The van der Waals surface area contributed by atoms with Crippen molar-refractivity contribution < 1.29 is 37.1 Å². The molecule has 4 heterocycles. The standard InChI is InChI=1S/C31H39F2N7O6/c1-18(2)44-30(42)39-10-8-21(9-11-39)43-17-26-37-27(46-38-26)19-13-34-28(35-14-19)40-15-23(22-12-20(32)6-7-24(22)33)25(16-40)36-29(41)45-31(3,4)5/h6-7,12-14,18,21,23,25H,8-11,15-17H2,1-5H3,(H,36,41)/t23-,25+/m1/s1. The van der Waals surface area contributed by atoms with Crippen molar-refractivity contribution in [3.8, 4) is 11.5 Å². The first-order valence-electron chi connectivity index (χ1n) is 15.3. The van der Waals surface area contributed by atoms with E-state index in [0.717, 1.165) is 18.2 Å². The first kappa shape index (κ1) is 33.0. The molecule has 2 fully saturated rings. The average molecular weight is 644 g/mol. The van der Waals surface area contributed by atoms with Gasteiger partial charge in [0.15, 0.2) is 5.82 Å². The third-order valence-corrected chi connectivity index (χ3v) is 7.50. The Labute approximate surface area is 265 Å². The van der Waals surface area contributed by atoms with Crippen molar-refractivity contribution in [2.75, 3.05) is 31.1 Å². The predicted octanol–water partition coefficient (Wildman–Crippen LogP) is 4.83. The summed E-state index contributed by atoms with van der Waals surface area (Å²) in [7, 11) is 0. The Morgan fingerprint density at radius 2 is 1.83 bits per heavy atom. The topological polar surface area (TPSA) is 145 Å². The fraction of sp³-hybridized carbons (Fsp3) is 0.548. The number of nitrogens with zero attached hydrogens (tertiary/aromatic N) is 6. The van der Waals surface area contributed by atoms with Crippen molar-refractivity contribution in [3.05, 3.63) is 53.6 Å². The fourth-order valence-corrected chi connectivity index (χ4v) is 5.38. The number of benzene rings is 1. The largest absolute Gasteiger partial charge is 0.447 e. The summed E-state index contributed by atoms with van der Waals surface area (Å²) in [4.78, 5) is 41.4. The minimum atomic E-state index is -0.732. The van der Waals surface area contributed by atoms with Crippen LogP contribution in [-0.2, 0) is 20.8 Å². The molecule has 248 valence electrons. The van der Waals surface area contributed by atoms with Crippen LogP contribution < -0.4 is 10.2 Å². The number of rotatable bonds is 8. The van der Waals surface area contributed by atoms with Crippen LogP contribution in [-0.4, -0.2) is 87.2 Å². The Balaban J connectivity index is 1.20. The molecule has 1 aromatic carbocycles. The number of amides is 2. The van der Waals surface area contributed by atoms with E-state index in [0.29, 0.717) is 43.3 Å². The zero-order valence-electron chi connectivity index (χ0n) is 26.5. The van der Waals surface area contributed by atoms with Crippen molar-refractivity contribution in [1.82, 2.24) is 30.3 Å². The van der Waals surface area contributed by atoms with Crippen LogP contribution in [0.3, 0.4) is 0 Å². The second kappa shape index (κ2) is 13.9. The molecule has 15 heteroatoms. The highest BCUT2D eigenvalue weighted by Crippen LogP contribution is 2.32. The van der Waals surface area contributed by atoms with Crippen LogP contribution in [0.4, 0.5) is 24.3 Å². The number of hydrogen-bond donors (Lipinski definition) is 1. The number of likely N-dealkylation sites (tertiary alicyclic amines) is 1. The number of nitrogens with one attached hydrogen (secondary N) is 1. The minimum absolute atomic E-state index is 0.0496. The summed E-state index contributed by atoms with van der Waals surface area (Å²) in [6, 6.07) is 2.66. The first-order valence-corrected chi connectivity index (χ1v) is 15.3. The molecular weight excluding hydrogens is 604 g/mol. The lowest BCUT2D eigenvalue weighted by molar-refractivity contribution is -0.00900. The van der Waals surface area contributed by atoms with Gasteiger partial charge in [-0.3, -0.25) is 0 Å². The number of hydrogen-bond acceptors (Lipinski definition) is 11. The van der Waals surface area contributed by atoms with Crippen LogP contribution in [0.25, 0.3) is 11.5 Å². The van der Waals surface area contributed by atoms with Gasteiger partial charge >= 0.3 is 12.2 Å². The van der Waals surface area contributed by atoms with Gasteiger partial charge in [-0.1, -0.05) is 5.16 Å². The van der Waals surface area contributed by atoms with Crippen LogP contribution in [0.15, 0.2) is 35.1 Å². The number of halogens is 2. The van der Waals surface area contributed by atoms with Gasteiger partial charge in [-0.25, -0.2) is 28.3 Å². The van der Waals surface area contributed by atoms with Gasteiger partial charge in [-0.2, -0.15) is 4.98 Å². The zero-order valence-corrected chi connectivity index (χ0v) is 26.5. The molecule has 0 bridgehead atoms. The van der Waals surface area contributed by atoms with Gasteiger partial charge in [0.2, 0.25) is 5.95 Å². The summed E-state index contributed by atoms with van der Waals surface area (Å²) in [6.07, 6.45) is 3.21. The molecule has 0 unspecified atom stereocenters. The van der Waals surface area contributed by atoms with E-state index < -0.39 is 35.3 Å². The van der Waals surface area contributed by atoms with E-state index in [1.54, 1.807) is 30.6 Å². The van der Waals surface area contributed by atoms with Crippen LogP contribution in [0.5, 0.6) is 0 Å². The van der Waals surface area contributed by atoms with E-state index in [4.69, 9.17) is 18.7 Å². The summed E-state index contributed by atoms with van der Waals surface area (Å²) in [5.41, 5.74) is -0.112. The van der Waals surface area contributed by atoms with Crippen molar-refractivity contribution in [2.24, 2.45) is 0 Å². The number of carbonyl (C=O) groups excluding carboxylic acids is 2. The minimum Gasteiger partial charge on any atom is -0.447 e. The summed E-state index contributed by atoms with van der Waals surface area (Å²) in [5, 5.41) is 6.80. The molecule has 0 radical (unpaired) electrons. The lowest BCUT2D eigenvalue weighted by atomic mass is 9.94. The lowest BCUT2D eigenvalue weighted by Gasteiger charge is -2.31. The van der Waals surface area contributed by atoms with Crippen LogP contribution in [0, 0.1) is 11.6 Å². The van der Waals surface area contributed by atoms with Gasteiger partial charge < -0.3 is 33.9 Å². The van der Waals surface area contributed by atoms with Gasteiger partial charge in [0.05, 0.1) is 23.8 Å². The molecule has 0 saturated carbocycles. The third-order valence-electron chi connectivity index (χ3n) is 7.50. The number of aromatic nitrogens is 4. The second-order valence-corrected chi connectivity index (χ2v) is 12.6. The van der Waals surface area contributed by atoms with Crippen LogP contribution >= 0.6 is 0 Å². The fourth-order valence-electron chi connectivity index (χ4n) is 5.38. The van der Waals surface area contributed by atoms with Gasteiger partial charge in [-0.15, -0.1) is 0 Å². The Kier molecular flexibility index (Phi) is 9.99. The molecule has 2 atom stereocenters. The van der Waals surface area contributed by atoms with Crippen molar-refractivity contribution >= 4 is 18.1 Å². The lowest BCUT2D eigenvalue weighted by Crippen LogP contribution is -2.43. The predicted molar refractivity (Wildman–Crippen MR) is 161 cm³/mol. The average Bonchev–Trinajstić information content (AvgIpc) is 3.64. The number of alkyl carbamates (subject to hydrolysis) is 1. The van der Waals surface area contributed by atoms with E-state index in [1.807, 2.05) is 13.8 Å². The van der Waals surface area contributed by atoms with E-state index in [2.05, 4.69) is 25.4 Å². The van der Waals surface area contributed by atoms with Crippen LogP contribution in [0.2, 0.25) is 0 Å². The molecule has 0 aliphatic carbocycles. The molecule has 13 nitrogen and oxygen atoms in total. The molecule has 2 saturated heterocycles. The van der Waals surface area contributed by atoms with Gasteiger partial charge in [0.1, 0.15) is 23.8 Å². The molecular formula is C31H39F2N7O6. The molecule has 5 rings (SSSR count). The molecule has 0 spiro atoms. The Bertz CT molecular complexity index is 1510. The summed E-state index contributed by atoms with van der Waals surface area (Å²) < 4.78 is 50.9. The summed E-state index contributed by atoms with van der Waals surface area (Å²) in [5.74, 6) is -0.853. The smallest absolute Gasteiger partial charge is 0.410 e. The molecule has 1 N–H and O–H groups in total. The number of carbonyl (C=O) groups is 2. The molecule has 2 aromatic heterocycles. The second-order valence-electron chi connectivity index (χ2n) is 12.6. The quantitative estimate of drug-likeness (QED) is 0.360. The molecule has 3 aromatic rings. The molecule has 2 aliphatic rings. The van der Waals surface area contributed by atoms with Crippen molar-refractivity contribution in [1.29, 1.82) is 0 Å².